The highest BCUT2D eigenvalue weighted by atomic mass is 19.4. The average Bonchev–Trinajstić information content (AvgIpc) is 2.93. The van der Waals surface area contributed by atoms with Gasteiger partial charge < -0.3 is 30.9 Å². The Morgan fingerprint density at radius 3 is 2.33 bits per heavy atom. The first-order chi connectivity index (χ1) is 19.0. The summed E-state index contributed by atoms with van der Waals surface area (Å²) in [4.78, 5) is 36.9. The van der Waals surface area contributed by atoms with E-state index in [1.165, 1.54) is 19.2 Å². The number of rotatable bonds is 8. The van der Waals surface area contributed by atoms with Gasteiger partial charge in [-0.2, -0.15) is 13.2 Å². The lowest BCUT2D eigenvalue weighted by Gasteiger charge is -2.35. The molecule has 0 radical (unpaired) electrons. The second kappa shape index (κ2) is 12.3. The Morgan fingerprint density at radius 1 is 1.07 bits per heavy atom. The van der Waals surface area contributed by atoms with Crippen LogP contribution in [-0.2, 0) is 22.1 Å². The fraction of sp³-hybridized carbons (Fsp3) is 0.556. The van der Waals surface area contributed by atoms with Crippen LogP contribution < -0.4 is 21.3 Å². The number of primary amides is 1. The second-order valence-electron chi connectivity index (χ2n) is 10.3. The molecule has 1 amide bonds. The van der Waals surface area contributed by atoms with Crippen molar-refractivity contribution in [3.63, 3.8) is 0 Å². The zero-order valence-electron chi connectivity index (χ0n) is 23.0. The van der Waals surface area contributed by atoms with E-state index < -0.39 is 17.6 Å². The average molecular weight is 564 g/mol. The van der Waals surface area contributed by atoms with E-state index in [2.05, 4.69) is 25.5 Å². The third-order valence-corrected chi connectivity index (χ3v) is 7.55. The molecule has 1 aromatic carbocycles. The number of nitrogens with two attached hydrogens (primary N) is 1. The first kappa shape index (κ1) is 29.4. The number of piperazine rings is 1. The number of methoxy groups -OCH3 is 1. The highest BCUT2D eigenvalue weighted by Gasteiger charge is 2.36. The minimum atomic E-state index is -4.59. The highest BCUT2D eigenvalue weighted by Crippen LogP contribution is 2.39. The molecule has 10 nitrogen and oxygen atoms in total. The SMILES string of the molecule is CCc1nc(C(N)=O)c(Nc2ccc(N3CCN(C)CC3)c(C(F)(F)F)c2)nc1NC1CCC(C(=O)OC)CC1. The van der Waals surface area contributed by atoms with Gasteiger partial charge in [0.1, 0.15) is 5.82 Å². The van der Waals surface area contributed by atoms with Crippen molar-refractivity contribution in [1.82, 2.24) is 14.9 Å². The van der Waals surface area contributed by atoms with Crippen LogP contribution in [0.1, 0.15) is 54.4 Å². The van der Waals surface area contributed by atoms with Crippen LogP contribution in [0.3, 0.4) is 0 Å². The monoisotopic (exact) mass is 563 g/mol. The van der Waals surface area contributed by atoms with Gasteiger partial charge in [0.05, 0.1) is 24.3 Å². The number of nitrogens with one attached hydrogen (secondary N) is 2. The number of hydrogen-bond donors (Lipinski definition) is 3. The molecular weight excluding hydrogens is 527 g/mol. The van der Waals surface area contributed by atoms with E-state index in [0.29, 0.717) is 69.8 Å². The van der Waals surface area contributed by atoms with Gasteiger partial charge in [0, 0.05) is 43.6 Å². The van der Waals surface area contributed by atoms with Crippen molar-refractivity contribution < 1.29 is 27.5 Å². The van der Waals surface area contributed by atoms with Crippen LogP contribution in [-0.4, -0.2) is 73.1 Å². The first-order valence-electron chi connectivity index (χ1n) is 13.5. The number of likely N-dealkylation sites (N-methyl/N-ethyl adjacent to an activating group) is 1. The molecule has 4 N–H and O–H groups in total. The van der Waals surface area contributed by atoms with Gasteiger partial charge in [-0.1, -0.05) is 6.92 Å². The van der Waals surface area contributed by atoms with E-state index in [-0.39, 0.29) is 40.8 Å². The zero-order chi connectivity index (χ0) is 29.0. The lowest BCUT2D eigenvalue weighted by atomic mass is 9.86. The number of halogens is 3. The van der Waals surface area contributed by atoms with E-state index in [1.807, 2.05) is 14.0 Å². The summed E-state index contributed by atoms with van der Waals surface area (Å²) in [6.45, 7) is 4.16. The molecule has 1 aromatic heterocycles. The number of carbonyl (C=O) groups is 2. The fourth-order valence-electron chi connectivity index (χ4n) is 5.23. The molecule has 2 heterocycles. The summed E-state index contributed by atoms with van der Waals surface area (Å²) in [5.41, 5.74) is 5.37. The number of benzene rings is 1. The lowest BCUT2D eigenvalue weighted by Crippen LogP contribution is -2.45. The minimum Gasteiger partial charge on any atom is -0.469 e. The summed E-state index contributed by atoms with van der Waals surface area (Å²) in [5.74, 6) is -0.829. The van der Waals surface area contributed by atoms with Gasteiger partial charge in [-0.15, -0.1) is 0 Å². The Bertz CT molecular complexity index is 1220. The second-order valence-corrected chi connectivity index (χ2v) is 10.3. The third-order valence-electron chi connectivity index (χ3n) is 7.55. The van der Waals surface area contributed by atoms with Gasteiger partial charge in [-0.25, -0.2) is 9.97 Å². The molecule has 1 aliphatic carbocycles. The van der Waals surface area contributed by atoms with E-state index in [4.69, 9.17) is 10.5 Å². The number of carbonyl (C=O) groups excluding carboxylic acids is 2. The molecule has 1 saturated heterocycles. The van der Waals surface area contributed by atoms with Crippen molar-refractivity contribution in [2.75, 3.05) is 55.9 Å². The number of nitrogens with zero attached hydrogens (tertiary/aromatic N) is 4. The standard InChI is InChI=1S/C27H36F3N7O3/c1-4-20-24(32-17-7-5-16(6-8-17)26(39)40-3)35-25(22(34-20)23(31)38)33-18-9-10-21(19(15-18)27(28,29)30)37-13-11-36(2)12-14-37/h9-10,15-17H,4-8,11-14H2,1-3H3,(H2,31,38)(H2,32,33,35). The van der Waals surface area contributed by atoms with Crippen molar-refractivity contribution in [1.29, 1.82) is 0 Å². The highest BCUT2D eigenvalue weighted by molar-refractivity contribution is 5.96. The maximum Gasteiger partial charge on any atom is 0.418 e. The molecule has 0 bridgehead atoms. The summed E-state index contributed by atoms with van der Waals surface area (Å²) in [6.07, 6.45) is -1.42. The van der Waals surface area contributed by atoms with Crippen molar-refractivity contribution in [2.24, 2.45) is 11.7 Å². The number of anilines is 4. The smallest absolute Gasteiger partial charge is 0.418 e. The fourth-order valence-corrected chi connectivity index (χ4v) is 5.23. The summed E-state index contributed by atoms with van der Waals surface area (Å²) < 4.78 is 47.2. The predicted octanol–water partition coefficient (Wildman–Crippen LogP) is 3.80. The molecule has 0 unspecified atom stereocenters. The van der Waals surface area contributed by atoms with Crippen LogP contribution in [0.25, 0.3) is 0 Å². The maximum atomic E-state index is 14.1. The third kappa shape index (κ3) is 6.75. The zero-order valence-corrected chi connectivity index (χ0v) is 23.0. The van der Waals surface area contributed by atoms with E-state index in [1.54, 1.807) is 4.90 Å². The van der Waals surface area contributed by atoms with E-state index >= 15 is 0 Å². The van der Waals surface area contributed by atoms with Gasteiger partial charge in [0.15, 0.2) is 11.5 Å². The van der Waals surface area contributed by atoms with Gasteiger partial charge >= 0.3 is 12.1 Å². The summed E-state index contributed by atoms with van der Waals surface area (Å²) in [5, 5.41) is 6.21. The Labute approximate surface area is 231 Å². The quantitative estimate of drug-likeness (QED) is 0.411. The van der Waals surface area contributed by atoms with Crippen LogP contribution in [0, 0.1) is 5.92 Å². The van der Waals surface area contributed by atoms with E-state index in [0.717, 1.165) is 6.07 Å². The van der Waals surface area contributed by atoms with Crippen LogP contribution in [0.2, 0.25) is 0 Å². The predicted molar refractivity (Wildman–Crippen MR) is 146 cm³/mol. The summed E-state index contributed by atoms with van der Waals surface area (Å²) in [7, 11) is 3.31. The number of amides is 1. The number of ether oxygens (including phenoxy) is 1. The van der Waals surface area contributed by atoms with Crippen molar-refractivity contribution >= 4 is 34.9 Å². The van der Waals surface area contributed by atoms with Gasteiger partial charge in [-0.3, -0.25) is 9.59 Å². The van der Waals surface area contributed by atoms with Crippen LogP contribution >= 0.6 is 0 Å². The van der Waals surface area contributed by atoms with Gasteiger partial charge in [0.2, 0.25) is 0 Å². The Kier molecular flexibility index (Phi) is 9.02. The molecule has 2 aliphatic rings. The summed E-state index contributed by atoms with van der Waals surface area (Å²) >= 11 is 0. The molecule has 218 valence electrons. The number of aromatic nitrogens is 2. The maximum absolute atomic E-state index is 14.1. The van der Waals surface area contributed by atoms with E-state index in [9.17, 15) is 22.8 Å². The lowest BCUT2D eigenvalue weighted by molar-refractivity contribution is -0.146. The van der Waals surface area contributed by atoms with Crippen LogP contribution in [0.15, 0.2) is 18.2 Å². The number of aryl methyl sites for hydroxylation is 1. The molecule has 1 saturated carbocycles. The topological polar surface area (TPSA) is 126 Å². The molecule has 40 heavy (non-hydrogen) atoms. The van der Waals surface area contributed by atoms with Crippen molar-refractivity contribution in [3.05, 3.63) is 35.2 Å². The minimum absolute atomic E-state index is 0.00693. The van der Waals surface area contributed by atoms with Crippen molar-refractivity contribution in [2.45, 2.75) is 51.2 Å². The number of hydrogen-bond acceptors (Lipinski definition) is 9. The molecule has 0 spiro atoms. The largest absolute Gasteiger partial charge is 0.469 e. The molecule has 13 heteroatoms. The molecule has 1 aliphatic heterocycles. The van der Waals surface area contributed by atoms with Gasteiger partial charge in [0.25, 0.3) is 5.91 Å². The van der Waals surface area contributed by atoms with Crippen LogP contribution in [0.4, 0.5) is 36.2 Å². The molecular formula is C27H36F3N7O3. The first-order valence-corrected chi connectivity index (χ1v) is 13.5. The number of alkyl halides is 3. The van der Waals surface area contributed by atoms with Crippen LogP contribution in [0.5, 0.6) is 0 Å². The molecule has 2 aromatic rings. The van der Waals surface area contributed by atoms with Gasteiger partial charge in [-0.05, 0) is 57.4 Å². The Balaban J connectivity index is 1.61. The normalized spacial score (nSPS) is 20.2. The molecule has 2 fully saturated rings. The Morgan fingerprint density at radius 2 is 1.75 bits per heavy atom. The number of esters is 1. The molecule has 4 rings (SSSR count). The Hall–Kier alpha value is -3.61. The molecule has 0 atom stereocenters. The van der Waals surface area contributed by atoms with Crippen molar-refractivity contribution in [3.8, 4) is 0 Å². The summed E-state index contributed by atoms with van der Waals surface area (Å²) in [6, 6.07) is 4.00.